The van der Waals surface area contributed by atoms with Crippen LogP contribution in [0.25, 0.3) is 0 Å². The van der Waals surface area contributed by atoms with Gasteiger partial charge in [0.05, 0.1) is 11.3 Å². The van der Waals surface area contributed by atoms with Crippen LogP contribution in [0.1, 0.15) is 34.3 Å². The summed E-state index contributed by atoms with van der Waals surface area (Å²) in [5.74, 6) is -1.85. The predicted molar refractivity (Wildman–Crippen MR) is 98.1 cm³/mol. The number of carbonyl (C=O) groups is 2. The minimum atomic E-state index is -4.77. The molecule has 1 aliphatic rings. The second-order valence-corrected chi connectivity index (χ2v) is 6.67. The van der Waals surface area contributed by atoms with Gasteiger partial charge in [0.1, 0.15) is 11.9 Å². The summed E-state index contributed by atoms with van der Waals surface area (Å²) in [5, 5.41) is 4.60. The van der Waals surface area contributed by atoms with Crippen LogP contribution in [0.4, 0.5) is 28.9 Å². The van der Waals surface area contributed by atoms with E-state index in [-0.39, 0.29) is 16.8 Å². The van der Waals surface area contributed by atoms with Crippen LogP contribution >= 0.6 is 0 Å². The zero-order valence-electron chi connectivity index (χ0n) is 15.4. The highest BCUT2D eigenvalue weighted by molar-refractivity contribution is 6.05. The van der Waals surface area contributed by atoms with Crippen molar-refractivity contribution in [2.24, 2.45) is 0 Å². The Morgan fingerprint density at radius 1 is 1.10 bits per heavy atom. The summed E-state index contributed by atoms with van der Waals surface area (Å²) in [5.41, 5.74) is -1.43. The number of carbonyl (C=O) groups excluding carboxylic acids is 2. The standard InChI is InChI=1S/C20H18F4N2O3/c1-11-9-12(4-6-15(11)21)18(27)26-16-7-5-13(10-14(16)20(22,23)24)25-19(28)17-3-2-8-29-17/h4-7,9-10,17H,2-3,8H2,1H3,(H,25,28)(H,26,27). The van der Waals surface area contributed by atoms with Crippen molar-refractivity contribution in [1.29, 1.82) is 0 Å². The van der Waals surface area contributed by atoms with Gasteiger partial charge in [-0.3, -0.25) is 9.59 Å². The molecule has 5 nitrogen and oxygen atoms in total. The highest BCUT2D eigenvalue weighted by Gasteiger charge is 2.35. The van der Waals surface area contributed by atoms with Crippen molar-refractivity contribution in [2.45, 2.75) is 32.0 Å². The fourth-order valence-electron chi connectivity index (χ4n) is 2.95. The monoisotopic (exact) mass is 410 g/mol. The zero-order valence-corrected chi connectivity index (χ0v) is 15.4. The smallest absolute Gasteiger partial charge is 0.368 e. The highest BCUT2D eigenvalue weighted by Crippen LogP contribution is 2.37. The van der Waals surface area contributed by atoms with Crippen molar-refractivity contribution < 1.29 is 31.9 Å². The molecule has 1 atom stereocenters. The number of benzene rings is 2. The summed E-state index contributed by atoms with van der Waals surface area (Å²) in [4.78, 5) is 24.4. The molecule has 9 heteroatoms. The Balaban J connectivity index is 1.83. The predicted octanol–water partition coefficient (Wildman–Crippen LogP) is 4.52. The molecule has 1 unspecified atom stereocenters. The molecule has 2 N–H and O–H groups in total. The molecular formula is C20H18F4N2O3. The lowest BCUT2D eigenvalue weighted by Crippen LogP contribution is -2.27. The van der Waals surface area contributed by atoms with Crippen LogP contribution in [-0.2, 0) is 15.7 Å². The molecule has 0 aromatic heterocycles. The van der Waals surface area contributed by atoms with E-state index in [0.29, 0.717) is 19.4 Å². The number of hydrogen-bond acceptors (Lipinski definition) is 3. The number of hydrogen-bond donors (Lipinski definition) is 2. The van der Waals surface area contributed by atoms with Crippen LogP contribution in [0.2, 0.25) is 0 Å². The van der Waals surface area contributed by atoms with Gasteiger partial charge in [-0.15, -0.1) is 0 Å². The van der Waals surface area contributed by atoms with Gasteiger partial charge in [0.15, 0.2) is 0 Å². The van der Waals surface area contributed by atoms with E-state index in [1.807, 2.05) is 0 Å². The molecule has 2 amide bonds. The van der Waals surface area contributed by atoms with Crippen molar-refractivity contribution in [1.82, 2.24) is 0 Å². The molecule has 2 aromatic carbocycles. The molecular weight excluding hydrogens is 392 g/mol. The van der Waals surface area contributed by atoms with Gasteiger partial charge in [0.2, 0.25) is 0 Å². The summed E-state index contributed by atoms with van der Waals surface area (Å²) < 4.78 is 59.1. The second-order valence-electron chi connectivity index (χ2n) is 6.67. The minimum Gasteiger partial charge on any atom is -0.368 e. The Labute approximate surface area is 164 Å². The molecule has 1 aliphatic heterocycles. The average molecular weight is 410 g/mol. The summed E-state index contributed by atoms with van der Waals surface area (Å²) in [7, 11) is 0. The molecule has 0 saturated carbocycles. The van der Waals surface area contributed by atoms with Gasteiger partial charge < -0.3 is 15.4 Å². The lowest BCUT2D eigenvalue weighted by Gasteiger charge is -2.17. The van der Waals surface area contributed by atoms with Gasteiger partial charge in [0, 0.05) is 17.9 Å². The number of anilines is 2. The number of rotatable bonds is 4. The first-order chi connectivity index (χ1) is 13.6. The average Bonchev–Trinajstić information content (AvgIpc) is 3.19. The number of aryl methyl sites for hydroxylation is 1. The summed E-state index contributed by atoms with van der Waals surface area (Å²) in [6.45, 7) is 1.87. The summed E-state index contributed by atoms with van der Waals surface area (Å²) in [6, 6.07) is 6.56. The summed E-state index contributed by atoms with van der Waals surface area (Å²) >= 11 is 0. The third kappa shape index (κ3) is 4.92. The Morgan fingerprint density at radius 3 is 2.48 bits per heavy atom. The van der Waals surface area contributed by atoms with E-state index in [1.165, 1.54) is 25.1 Å². The number of amides is 2. The number of nitrogens with one attached hydrogen (secondary N) is 2. The fraction of sp³-hybridized carbons (Fsp3) is 0.300. The molecule has 0 spiro atoms. The topological polar surface area (TPSA) is 67.4 Å². The number of halogens is 4. The van der Waals surface area contributed by atoms with Crippen LogP contribution in [0.3, 0.4) is 0 Å². The van der Waals surface area contributed by atoms with Crippen molar-refractivity contribution in [3.63, 3.8) is 0 Å². The van der Waals surface area contributed by atoms with Crippen molar-refractivity contribution >= 4 is 23.2 Å². The first-order valence-electron chi connectivity index (χ1n) is 8.86. The van der Waals surface area contributed by atoms with E-state index in [4.69, 9.17) is 4.74 Å². The van der Waals surface area contributed by atoms with Crippen molar-refractivity contribution in [3.05, 3.63) is 58.9 Å². The van der Waals surface area contributed by atoms with E-state index in [1.54, 1.807) is 0 Å². The Kier molecular flexibility index (Phi) is 5.88. The molecule has 1 saturated heterocycles. The normalized spacial score (nSPS) is 16.5. The maximum Gasteiger partial charge on any atom is 0.418 e. The fourth-order valence-corrected chi connectivity index (χ4v) is 2.95. The van der Waals surface area contributed by atoms with E-state index < -0.39 is 41.2 Å². The van der Waals surface area contributed by atoms with Gasteiger partial charge in [-0.05, 0) is 61.7 Å². The van der Waals surface area contributed by atoms with Crippen LogP contribution in [0, 0.1) is 12.7 Å². The molecule has 0 radical (unpaired) electrons. The van der Waals surface area contributed by atoms with E-state index in [0.717, 1.165) is 18.2 Å². The maximum atomic E-state index is 13.5. The molecule has 1 fully saturated rings. The van der Waals surface area contributed by atoms with Crippen molar-refractivity contribution in [3.8, 4) is 0 Å². The quantitative estimate of drug-likeness (QED) is 0.729. The SMILES string of the molecule is Cc1cc(C(=O)Nc2ccc(NC(=O)C3CCCO3)cc2C(F)(F)F)ccc1F. The van der Waals surface area contributed by atoms with E-state index in [2.05, 4.69) is 10.6 Å². The maximum absolute atomic E-state index is 13.5. The lowest BCUT2D eigenvalue weighted by atomic mass is 10.1. The molecule has 1 heterocycles. The third-order valence-electron chi connectivity index (χ3n) is 4.48. The van der Waals surface area contributed by atoms with Crippen LogP contribution in [0.15, 0.2) is 36.4 Å². The Bertz CT molecular complexity index is 938. The highest BCUT2D eigenvalue weighted by atomic mass is 19.4. The largest absolute Gasteiger partial charge is 0.418 e. The molecule has 29 heavy (non-hydrogen) atoms. The molecule has 0 aliphatic carbocycles. The van der Waals surface area contributed by atoms with Crippen LogP contribution in [-0.4, -0.2) is 24.5 Å². The Morgan fingerprint density at radius 2 is 1.86 bits per heavy atom. The van der Waals surface area contributed by atoms with Crippen LogP contribution < -0.4 is 10.6 Å². The zero-order chi connectivity index (χ0) is 21.2. The van der Waals surface area contributed by atoms with Gasteiger partial charge in [0.25, 0.3) is 11.8 Å². The Hall–Kier alpha value is -2.94. The number of ether oxygens (including phenoxy) is 1. The first kappa shape index (κ1) is 20.8. The molecule has 3 rings (SSSR count). The van der Waals surface area contributed by atoms with Gasteiger partial charge in [-0.1, -0.05) is 0 Å². The second kappa shape index (κ2) is 8.20. The summed E-state index contributed by atoms with van der Waals surface area (Å²) in [6.07, 6.45) is -4.25. The molecule has 2 aromatic rings. The number of alkyl halides is 3. The van der Waals surface area contributed by atoms with Gasteiger partial charge in [-0.2, -0.15) is 13.2 Å². The third-order valence-corrected chi connectivity index (χ3v) is 4.48. The first-order valence-corrected chi connectivity index (χ1v) is 8.86. The van der Waals surface area contributed by atoms with Gasteiger partial charge in [-0.25, -0.2) is 4.39 Å². The van der Waals surface area contributed by atoms with Crippen LogP contribution in [0.5, 0.6) is 0 Å². The van der Waals surface area contributed by atoms with E-state index in [9.17, 15) is 27.2 Å². The van der Waals surface area contributed by atoms with Crippen molar-refractivity contribution in [2.75, 3.05) is 17.2 Å². The minimum absolute atomic E-state index is 0.0211. The van der Waals surface area contributed by atoms with Gasteiger partial charge >= 0.3 is 6.18 Å². The van der Waals surface area contributed by atoms with E-state index >= 15 is 0 Å². The molecule has 0 bridgehead atoms. The lowest BCUT2D eigenvalue weighted by molar-refractivity contribution is -0.137. The molecule has 154 valence electrons.